The lowest BCUT2D eigenvalue weighted by atomic mass is 10.0. The van der Waals surface area contributed by atoms with Crippen LogP contribution in [0, 0.1) is 0 Å². The Labute approximate surface area is 155 Å². The monoisotopic (exact) mass is 352 g/mol. The lowest BCUT2D eigenvalue weighted by Crippen LogP contribution is -2.04. The van der Waals surface area contributed by atoms with Gasteiger partial charge in [0, 0.05) is 10.8 Å². The molecular weight excluding hydrogens is 336 g/mol. The third-order valence-electron chi connectivity index (χ3n) is 4.66. The van der Waals surface area contributed by atoms with Crippen LogP contribution in [0.5, 0.6) is 0 Å². The van der Waals surface area contributed by atoms with Gasteiger partial charge in [-0.25, -0.2) is 0 Å². The van der Waals surface area contributed by atoms with E-state index in [1.165, 1.54) is 10.8 Å². The second-order valence-corrected chi connectivity index (χ2v) is 6.36. The molecule has 0 fully saturated rings. The molecule has 0 aliphatic rings. The standard InChI is InChI=1S/C21H16N6/c1-14(16-11-10-15-6-2-3-7-17(15)12-16)23-24-20-18-8-4-5-9-19(18)21-25-22-13-27(21)26-20/h2-13H,1H3,(H,24,26). The summed E-state index contributed by atoms with van der Waals surface area (Å²) in [7, 11) is 0. The fraction of sp³-hybridized carbons (Fsp3) is 0.0476. The van der Waals surface area contributed by atoms with Crippen molar-refractivity contribution in [1.29, 1.82) is 0 Å². The summed E-state index contributed by atoms with van der Waals surface area (Å²) in [6, 6.07) is 22.6. The highest BCUT2D eigenvalue weighted by atomic mass is 15.4. The molecule has 130 valence electrons. The molecule has 0 unspecified atom stereocenters. The van der Waals surface area contributed by atoms with Gasteiger partial charge in [-0.2, -0.15) is 9.62 Å². The molecule has 0 radical (unpaired) electrons. The van der Waals surface area contributed by atoms with Gasteiger partial charge >= 0.3 is 0 Å². The number of anilines is 1. The van der Waals surface area contributed by atoms with E-state index in [-0.39, 0.29) is 0 Å². The maximum absolute atomic E-state index is 4.56. The lowest BCUT2D eigenvalue weighted by Gasteiger charge is -2.08. The SMILES string of the molecule is CC(=NNc1nn2cnnc2c2ccccc12)c1ccc2ccccc2c1. The molecule has 0 spiro atoms. The van der Waals surface area contributed by atoms with E-state index >= 15 is 0 Å². The molecule has 6 nitrogen and oxygen atoms in total. The van der Waals surface area contributed by atoms with Gasteiger partial charge < -0.3 is 0 Å². The molecule has 0 saturated heterocycles. The minimum atomic E-state index is 0.665. The van der Waals surface area contributed by atoms with Gasteiger partial charge in [-0.15, -0.1) is 15.3 Å². The van der Waals surface area contributed by atoms with Crippen molar-refractivity contribution in [3.63, 3.8) is 0 Å². The van der Waals surface area contributed by atoms with E-state index in [4.69, 9.17) is 0 Å². The highest BCUT2D eigenvalue weighted by Gasteiger charge is 2.09. The smallest absolute Gasteiger partial charge is 0.185 e. The number of hydrogen-bond donors (Lipinski definition) is 1. The van der Waals surface area contributed by atoms with E-state index in [1.807, 2.05) is 43.3 Å². The average Bonchev–Trinajstić information content (AvgIpc) is 3.20. The first-order valence-corrected chi connectivity index (χ1v) is 8.68. The zero-order valence-electron chi connectivity index (χ0n) is 14.7. The summed E-state index contributed by atoms with van der Waals surface area (Å²) in [6.07, 6.45) is 1.59. The molecule has 2 aromatic heterocycles. The number of benzene rings is 3. The van der Waals surface area contributed by atoms with Gasteiger partial charge in [0.05, 0.1) is 5.71 Å². The Morgan fingerprint density at radius 1 is 0.926 bits per heavy atom. The van der Waals surface area contributed by atoms with Gasteiger partial charge in [0.2, 0.25) is 0 Å². The molecule has 0 atom stereocenters. The van der Waals surface area contributed by atoms with Crippen molar-refractivity contribution in [1.82, 2.24) is 19.8 Å². The normalized spacial score (nSPS) is 12.1. The van der Waals surface area contributed by atoms with Crippen molar-refractivity contribution in [2.75, 3.05) is 5.43 Å². The second-order valence-electron chi connectivity index (χ2n) is 6.36. The summed E-state index contributed by atoms with van der Waals surface area (Å²) >= 11 is 0. The first-order chi connectivity index (χ1) is 13.3. The van der Waals surface area contributed by atoms with Crippen LogP contribution in [0.1, 0.15) is 12.5 Å². The van der Waals surface area contributed by atoms with Gasteiger partial charge in [-0.05, 0) is 29.3 Å². The summed E-state index contributed by atoms with van der Waals surface area (Å²) in [5.41, 5.74) is 5.79. The summed E-state index contributed by atoms with van der Waals surface area (Å²) in [5.74, 6) is 0.665. The molecule has 3 aromatic carbocycles. The molecule has 5 aromatic rings. The van der Waals surface area contributed by atoms with Crippen molar-refractivity contribution in [3.05, 3.63) is 78.6 Å². The van der Waals surface area contributed by atoms with Crippen LogP contribution in [0.25, 0.3) is 27.2 Å². The molecule has 0 bridgehead atoms. The van der Waals surface area contributed by atoms with Gasteiger partial charge in [0.1, 0.15) is 6.33 Å². The molecule has 5 rings (SSSR count). The van der Waals surface area contributed by atoms with Gasteiger partial charge in [0.15, 0.2) is 11.5 Å². The van der Waals surface area contributed by atoms with E-state index in [2.05, 4.69) is 56.2 Å². The van der Waals surface area contributed by atoms with Crippen molar-refractivity contribution in [3.8, 4) is 0 Å². The minimum absolute atomic E-state index is 0.665. The maximum atomic E-state index is 4.56. The third-order valence-corrected chi connectivity index (χ3v) is 4.66. The summed E-state index contributed by atoms with van der Waals surface area (Å²) in [5, 5.41) is 21.6. The van der Waals surface area contributed by atoms with Crippen LogP contribution >= 0.6 is 0 Å². The summed E-state index contributed by atoms with van der Waals surface area (Å²) in [6.45, 7) is 1.98. The lowest BCUT2D eigenvalue weighted by molar-refractivity contribution is 0.934. The Balaban J connectivity index is 1.55. The van der Waals surface area contributed by atoms with Crippen LogP contribution in [-0.2, 0) is 0 Å². The van der Waals surface area contributed by atoms with E-state index in [9.17, 15) is 0 Å². The number of aromatic nitrogens is 4. The van der Waals surface area contributed by atoms with Crippen molar-refractivity contribution < 1.29 is 0 Å². The number of nitrogens with one attached hydrogen (secondary N) is 1. The Morgan fingerprint density at radius 3 is 2.59 bits per heavy atom. The number of rotatable bonds is 3. The van der Waals surface area contributed by atoms with E-state index in [1.54, 1.807) is 10.8 Å². The largest absolute Gasteiger partial charge is 0.259 e. The van der Waals surface area contributed by atoms with Crippen LogP contribution in [0.4, 0.5) is 5.82 Å². The Kier molecular flexibility index (Phi) is 3.53. The van der Waals surface area contributed by atoms with Crippen molar-refractivity contribution in [2.45, 2.75) is 6.92 Å². The molecule has 0 aliphatic carbocycles. The summed E-state index contributed by atoms with van der Waals surface area (Å²) in [4.78, 5) is 0. The molecule has 1 N–H and O–H groups in total. The van der Waals surface area contributed by atoms with Crippen molar-refractivity contribution >= 4 is 38.7 Å². The van der Waals surface area contributed by atoms with E-state index < -0.39 is 0 Å². The van der Waals surface area contributed by atoms with Crippen LogP contribution in [0.2, 0.25) is 0 Å². The van der Waals surface area contributed by atoms with Crippen LogP contribution < -0.4 is 5.43 Å². The zero-order chi connectivity index (χ0) is 18.2. The molecule has 2 heterocycles. The predicted octanol–water partition coefficient (Wildman–Crippen LogP) is 4.27. The number of hydrogen-bond acceptors (Lipinski definition) is 5. The maximum Gasteiger partial charge on any atom is 0.185 e. The van der Waals surface area contributed by atoms with E-state index in [0.717, 1.165) is 27.7 Å². The van der Waals surface area contributed by atoms with Crippen LogP contribution in [-0.4, -0.2) is 25.5 Å². The molecule has 27 heavy (non-hydrogen) atoms. The number of fused-ring (bicyclic) bond motifs is 4. The molecule has 6 heteroatoms. The Morgan fingerprint density at radius 2 is 1.70 bits per heavy atom. The number of hydrazone groups is 1. The first-order valence-electron chi connectivity index (χ1n) is 8.68. The average molecular weight is 352 g/mol. The van der Waals surface area contributed by atoms with Gasteiger partial charge in [-0.3, -0.25) is 5.43 Å². The zero-order valence-corrected chi connectivity index (χ0v) is 14.7. The molecule has 0 saturated carbocycles. The summed E-state index contributed by atoms with van der Waals surface area (Å²) < 4.78 is 1.66. The fourth-order valence-corrected chi connectivity index (χ4v) is 3.22. The highest BCUT2D eigenvalue weighted by Crippen LogP contribution is 2.24. The molecular formula is C21H16N6. The first kappa shape index (κ1) is 15.5. The molecule has 0 aliphatic heterocycles. The van der Waals surface area contributed by atoms with Gasteiger partial charge in [-0.1, -0.05) is 60.7 Å². The Bertz CT molecular complexity index is 1320. The van der Waals surface area contributed by atoms with Crippen LogP contribution in [0.15, 0.2) is 78.2 Å². The van der Waals surface area contributed by atoms with E-state index in [0.29, 0.717) is 5.82 Å². The fourth-order valence-electron chi connectivity index (χ4n) is 3.22. The topological polar surface area (TPSA) is 67.5 Å². The third kappa shape index (κ3) is 2.67. The second kappa shape index (κ2) is 6.17. The van der Waals surface area contributed by atoms with Crippen molar-refractivity contribution in [2.24, 2.45) is 5.10 Å². The quantitative estimate of drug-likeness (QED) is 0.389. The van der Waals surface area contributed by atoms with Crippen LogP contribution in [0.3, 0.4) is 0 Å². The number of nitrogens with zero attached hydrogens (tertiary/aromatic N) is 5. The van der Waals surface area contributed by atoms with Gasteiger partial charge in [0.25, 0.3) is 0 Å². The highest BCUT2D eigenvalue weighted by molar-refractivity contribution is 6.03. The predicted molar refractivity (Wildman–Crippen MR) is 108 cm³/mol. The minimum Gasteiger partial charge on any atom is -0.259 e. The molecule has 0 amide bonds. The Hall–Kier alpha value is -3.80.